The van der Waals surface area contributed by atoms with Gasteiger partial charge in [-0.15, -0.1) is 21.5 Å². The molecule has 8 nitrogen and oxygen atoms in total. The Morgan fingerprint density at radius 2 is 1.90 bits per heavy atom. The van der Waals surface area contributed by atoms with E-state index in [0.717, 1.165) is 16.0 Å². The largest absolute Gasteiger partial charge is 0.438 e. The molecule has 0 aliphatic rings. The molecule has 0 spiro atoms. The van der Waals surface area contributed by atoms with Gasteiger partial charge in [0, 0.05) is 29.7 Å². The van der Waals surface area contributed by atoms with Crippen LogP contribution in [0.1, 0.15) is 16.2 Å². The fourth-order valence-electron chi connectivity index (χ4n) is 3.04. The molecule has 9 heteroatoms. The molecule has 1 amide bonds. The molecule has 1 N–H and O–H groups in total. The second-order valence-electron chi connectivity index (χ2n) is 6.69. The molecule has 0 atom stereocenters. The quantitative estimate of drug-likeness (QED) is 0.439. The second-order valence-corrected chi connectivity index (χ2v) is 7.58. The molecule has 3 heterocycles. The van der Waals surface area contributed by atoms with Gasteiger partial charge in [-0.3, -0.25) is 9.36 Å². The van der Waals surface area contributed by atoms with Crippen molar-refractivity contribution in [3.63, 3.8) is 0 Å². The van der Waals surface area contributed by atoms with Gasteiger partial charge in [-0.2, -0.15) is 0 Å². The molecule has 0 bridgehead atoms. The van der Waals surface area contributed by atoms with Gasteiger partial charge in [0.25, 0.3) is 5.91 Å². The Balaban J connectivity index is 1.24. The lowest BCUT2D eigenvalue weighted by Gasteiger charge is -2.08. The lowest BCUT2D eigenvalue weighted by atomic mass is 10.2. The molecule has 5 aromatic rings. The summed E-state index contributed by atoms with van der Waals surface area (Å²) in [6.45, 7) is 1.89. The summed E-state index contributed by atoms with van der Waals surface area (Å²) >= 11 is 1.51. The van der Waals surface area contributed by atoms with Crippen LogP contribution in [0.4, 0.5) is 5.69 Å². The third-order valence-corrected chi connectivity index (χ3v) is 5.42. The first-order valence-electron chi connectivity index (χ1n) is 9.42. The molecule has 2 aromatic carbocycles. The normalized spacial score (nSPS) is 10.9. The standard InChI is InChI=1S/C22H16N6O2S/c1-14-23-10-11-28(14)20-8-9-21(27-26-20)30-17-5-3-16(4-6-17)25-22(29)15-2-7-18-19(12-15)31-13-24-18/h2-13H,1H3,(H,25,29). The van der Waals surface area contributed by atoms with Crippen molar-refractivity contribution in [3.8, 4) is 17.4 Å². The number of fused-ring (bicyclic) bond motifs is 1. The lowest BCUT2D eigenvalue weighted by molar-refractivity contribution is 0.102. The predicted molar refractivity (Wildman–Crippen MR) is 118 cm³/mol. The number of amides is 1. The number of thiazole rings is 1. The number of hydrogen-bond donors (Lipinski definition) is 1. The van der Waals surface area contributed by atoms with Crippen LogP contribution in [-0.4, -0.2) is 30.6 Å². The summed E-state index contributed by atoms with van der Waals surface area (Å²) in [7, 11) is 0. The first-order valence-corrected chi connectivity index (χ1v) is 10.3. The highest BCUT2D eigenvalue weighted by atomic mass is 32.1. The Morgan fingerprint density at radius 1 is 1.03 bits per heavy atom. The highest BCUT2D eigenvalue weighted by Gasteiger charge is 2.09. The number of nitrogens with one attached hydrogen (secondary N) is 1. The number of hydrogen-bond acceptors (Lipinski definition) is 7. The van der Waals surface area contributed by atoms with E-state index in [1.165, 1.54) is 11.3 Å². The molecule has 0 fully saturated rings. The van der Waals surface area contributed by atoms with Crippen LogP contribution >= 0.6 is 11.3 Å². The Morgan fingerprint density at radius 3 is 2.65 bits per heavy atom. The number of nitrogens with zero attached hydrogens (tertiary/aromatic N) is 5. The zero-order valence-corrected chi connectivity index (χ0v) is 17.2. The summed E-state index contributed by atoms with van der Waals surface area (Å²) in [5.74, 6) is 2.27. The van der Waals surface area contributed by atoms with Crippen LogP contribution in [0.5, 0.6) is 11.6 Å². The number of aromatic nitrogens is 5. The fraction of sp³-hybridized carbons (Fsp3) is 0.0455. The number of anilines is 1. The van der Waals surface area contributed by atoms with Gasteiger partial charge in [0.2, 0.25) is 5.88 Å². The summed E-state index contributed by atoms with van der Waals surface area (Å²) in [4.78, 5) is 20.9. The molecule has 152 valence electrons. The smallest absolute Gasteiger partial charge is 0.255 e. The molecular formula is C22H16N6O2S. The van der Waals surface area contributed by atoms with Crippen LogP contribution in [0.25, 0.3) is 16.0 Å². The summed E-state index contributed by atoms with van der Waals surface area (Å²) in [6.07, 6.45) is 3.53. The Bertz CT molecular complexity index is 1360. The van der Waals surface area contributed by atoms with Crippen molar-refractivity contribution in [3.05, 3.63) is 83.9 Å². The number of carbonyl (C=O) groups is 1. The SMILES string of the molecule is Cc1nccn1-c1ccc(Oc2ccc(NC(=O)c3ccc4ncsc4c3)cc2)nn1. The van der Waals surface area contributed by atoms with Crippen LogP contribution < -0.4 is 10.1 Å². The second kappa shape index (κ2) is 7.96. The van der Waals surface area contributed by atoms with Crippen molar-refractivity contribution in [2.75, 3.05) is 5.32 Å². The van der Waals surface area contributed by atoms with Gasteiger partial charge in [0.1, 0.15) is 11.6 Å². The molecule has 0 aliphatic heterocycles. The van der Waals surface area contributed by atoms with E-state index in [4.69, 9.17) is 4.74 Å². The van der Waals surface area contributed by atoms with Crippen molar-refractivity contribution in [2.24, 2.45) is 0 Å². The summed E-state index contributed by atoms with van der Waals surface area (Å²) < 4.78 is 8.56. The summed E-state index contributed by atoms with van der Waals surface area (Å²) in [5.41, 5.74) is 3.90. The first kappa shape index (κ1) is 18.9. The van der Waals surface area contributed by atoms with E-state index in [1.807, 2.05) is 35.9 Å². The van der Waals surface area contributed by atoms with Gasteiger partial charge in [0.05, 0.1) is 15.7 Å². The number of benzene rings is 2. The average Bonchev–Trinajstić information content (AvgIpc) is 3.44. The van der Waals surface area contributed by atoms with Crippen LogP contribution in [0.15, 0.2) is 72.5 Å². The van der Waals surface area contributed by atoms with Crippen molar-refractivity contribution >= 4 is 33.1 Å². The van der Waals surface area contributed by atoms with Gasteiger partial charge in [-0.1, -0.05) is 0 Å². The topological polar surface area (TPSA) is 94.8 Å². The lowest BCUT2D eigenvalue weighted by Crippen LogP contribution is -2.11. The number of imidazole rings is 1. The molecular weight excluding hydrogens is 412 g/mol. The van der Waals surface area contributed by atoms with E-state index in [2.05, 4.69) is 25.5 Å². The number of carbonyl (C=O) groups excluding carboxylic acids is 1. The maximum absolute atomic E-state index is 12.5. The Labute approximate surface area is 181 Å². The van der Waals surface area contributed by atoms with Gasteiger partial charge in [0.15, 0.2) is 5.82 Å². The molecule has 5 rings (SSSR count). The molecule has 3 aromatic heterocycles. The molecule has 31 heavy (non-hydrogen) atoms. The Kier molecular flexibility index (Phi) is 4.85. The van der Waals surface area contributed by atoms with E-state index in [1.54, 1.807) is 48.1 Å². The monoisotopic (exact) mass is 428 g/mol. The van der Waals surface area contributed by atoms with E-state index in [-0.39, 0.29) is 5.91 Å². The number of rotatable bonds is 5. The van der Waals surface area contributed by atoms with Gasteiger partial charge in [-0.05, 0) is 55.5 Å². The summed E-state index contributed by atoms with van der Waals surface area (Å²) in [5, 5.41) is 11.2. The zero-order valence-electron chi connectivity index (χ0n) is 16.4. The molecule has 0 aliphatic carbocycles. The van der Waals surface area contributed by atoms with Crippen molar-refractivity contribution in [1.29, 1.82) is 0 Å². The first-order chi connectivity index (χ1) is 15.2. The van der Waals surface area contributed by atoms with E-state index in [9.17, 15) is 4.79 Å². The maximum atomic E-state index is 12.5. The van der Waals surface area contributed by atoms with E-state index in [0.29, 0.717) is 28.7 Å². The van der Waals surface area contributed by atoms with Crippen molar-refractivity contribution in [2.45, 2.75) is 6.92 Å². The van der Waals surface area contributed by atoms with Gasteiger partial charge >= 0.3 is 0 Å². The molecule has 0 saturated carbocycles. The maximum Gasteiger partial charge on any atom is 0.255 e. The summed E-state index contributed by atoms with van der Waals surface area (Å²) in [6, 6.07) is 16.1. The third kappa shape index (κ3) is 3.99. The zero-order chi connectivity index (χ0) is 21.2. The highest BCUT2D eigenvalue weighted by Crippen LogP contribution is 2.23. The number of ether oxygens (including phenoxy) is 1. The highest BCUT2D eigenvalue weighted by molar-refractivity contribution is 7.16. The van der Waals surface area contributed by atoms with Crippen LogP contribution in [0.3, 0.4) is 0 Å². The minimum Gasteiger partial charge on any atom is -0.438 e. The average molecular weight is 428 g/mol. The van der Waals surface area contributed by atoms with Gasteiger partial charge < -0.3 is 10.1 Å². The van der Waals surface area contributed by atoms with E-state index >= 15 is 0 Å². The van der Waals surface area contributed by atoms with Crippen LogP contribution in [-0.2, 0) is 0 Å². The van der Waals surface area contributed by atoms with Crippen LogP contribution in [0, 0.1) is 6.92 Å². The predicted octanol–water partition coefficient (Wildman–Crippen LogP) is 4.63. The third-order valence-electron chi connectivity index (χ3n) is 4.63. The molecule has 0 unspecified atom stereocenters. The van der Waals surface area contributed by atoms with E-state index < -0.39 is 0 Å². The van der Waals surface area contributed by atoms with Crippen molar-refractivity contribution < 1.29 is 9.53 Å². The number of aryl methyl sites for hydroxylation is 1. The molecule has 0 saturated heterocycles. The minimum atomic E-state index is -0.180. The van der Waals surface area contributed by atoms with Gasteiger partial charge in [-0.25, -0.2) is 9.97 Å². The minimum absolute atomic E-state index is 0.180. The fourth-order valence-corrected chi connectivity index (χ4v) is 3.76. The molecule has 0 radical (unpaired) electrons. The van der Waals surface area contributed by atoms with Crippen molar-refractivity contribution in [1.82, 2.24) is 24.7 Å². The Hall–Kier alpha value is -4.11. The van der Waals surface area contributed by atoms with Crippen LogP contribution in [0.2, 0.25) is 0 Å².